The molecule has 2 unspecified atom stereocenters. The molecular formula is C16H19NO4. The highest BCUT2D eigenvalue weighted by atomic mass is 16.7. The minimum atomic E-state index is 0.107. The van der Waals surface area contributed by atoms with Crippen molar-refractivity contribution in [3.8, 4) is 11.5 Å². The van der Waals surface area contributed by atoms with Crippen LogP contribution in [0.1, 0.15) is 36.0 Å². The van der Waals surface area contributed by atoms with Gasteiger partial charge < -0.3 is 19.1 Å². The molecule has 0 aliphatic carbocycles. The molecule has 0 saturated carbocycles. The van der Waals surface area contributed by atoms with Crippen molar-refractivity contribution in [2.75, 3.05) is 13.9 Å². The summed E-state index contributed by atoms with van der Waals surface area (Å²) >= 11 is 0. The zero-order valence-corrected chi connectivity index (χ0v) is 12.1. The molecule has 5 nitrogen and oxygen atoms in total. The lowest BCUT2D eigenvalue weighted by Crippen LogP contribution is -2.48. The van der Waals surface area contributed by atoms with Crippen molar-refractivity contribution in [1.82, 2.24) is 4.90 Å². The van der Waals surface area contributed by atoms with E-state index in [1.54, 1.807) is 13.2 Å². The van der Waals surface area contributed by atoms with Crippen LogP contribution in [0.4, 0.5) is 0 Å². The average Bonchev–Trinajstić information content (AvgIpc) is 3.08. The molecule has 1 amide bonds. The van der Waals surface area contributed by atoms with E-state index in [1.807, 2.05) is 12.1 Å². The fraction of sp³-hybridized carbons (Fsp3) is 0.562. The first-order valence-electron chi connectivity index (χ1n) is 7.51. The van der Waals surface area contributed by atoms with E-state index in [4.69, 9.17) is 14.2 Å². The van der Waals surface area contributed by atoms with Crippen LogP contribution in [0.3, 0.4) is 0 Å². The van der Waals surface area contributed by atoms with E-state index in [0.717, 1.165) is 25.7 Å². The number of hydrogen-bond donors (Lipinski definition) is 0. The Balaban J connectivity index is 1.58. The zero-order chi connectivity index (χ0) is 14.4. The molecule has 3 aliphatic heterocycles. The van der Waals surface area contributed by atoms with E-state index >= 15 is 0 Å². The molecule has 0 radical (unpaired) electrons. The molecule has 1 aromatic rings. The summed E-state index contributed by atoms with van der Waals surface area (Å²) in [6.07, 6.45) is 4.36. The van der Waals surface area contributed by atoms with Crippen LogP contribution in [0.5, 0.6) is 11.5 Å². The van der Waals surface area contributed by atoms with Gasteiger partial charge in [-0.3, -0.25) is 4.79 Å². The predicted octanol–water partition coefficient (Wildman–Crippen LogP) is 2.20. The Kier molecular flexibility index (Phi) is 3.03. The fourth-order valence-corrected chi connectivity index (χ4v) is 3.83. The molecule has 112 valence electrons. The Bertz CT molecular complexity index is 559. The van der Waals surface area contributed by atoms with Gasteiger partial charge in [-0.25, -0.2) is 0 Å². The monoisotopic (exact) mass is 289 g/mol. The number of piperidine rings is 1. The van der Waals surface area contributed by atoms with Crippen LogP contribution in [0.15, 0.2) is 18.2 Å². The largest absolute Gasteiger partial charge is 0.454 e. The van der Waals surface area contributed by atoms with Gasteiger partial charge in [0.15, 0.2) is 11.5 Å². The van der Waals surface area contributed by atoms with Gasteiger partial charge in [-0.2, -0.15) is 0 Å². The van der Waals surface area contributed by atoms with Crippen molar-refractivity contribution >= 4 is 5.91 Å². The Hall–Kier alpha value is -1.75. The third-order valence-corrected chi connectivity index (χ3v) is 4.88. The van der Waals surface area contributed by atoms with E-state index in [2.05, 4.69) is 4.90 Å². The van der Waals surface area contributed by atoms with E-state index in [1.165, 1.54) is 0 Å². The van der Waals surface area contributed by atoms with Crippen molar-refractivity contribution < 1.29 is 19.0 Å². The summed E-state index contributed by atoms with van der Waals surface area (Å²) in [5.74, 6) is 1.49. The van der Waals surface area contributed by atoms with Crippen LogP contribution in [0.2, 0.25) is 0 Å². The SMILES string of the molecule is COC1CC2CCC(C1)N2C(=O)c1ccc2c(c1)OCO2. The smallest absolute Gasteiger partial charge is 0.254 e. The van der Waals surface area contributed by atoms with Gasteiger partial charge in [0.25, 0.3) is 5.91 Å². The lowest BCUT2D eigenvalue weighted by atomic mass is 9.98. The minimum Gasteiger partial charge on any atom is -0.454 e. The number of benzene rings is 1. The molecular weight excluding hydrogens is 270 g/mol. The van der Waals surface area contributed by atoms with Gasteiger partial charge >= 0.3 is 0 Å². The van der Waals surface area contributed by atoms with Crippen LogP contribution in [-0.4, -0.2) is 42.9 Å². The molecule has 2 saturated heterocycles. The summed E-state index contributed by atoms with van der Waals surface area (Å²) in [4.78, 5) is 14.9. The maximum absolute atomic E-state index is 12.8. The van der Waals surface area contributed by atoms with Crippen molar-refractivity contribution in [2.24, 2.45) is 0 Å². The first-order chi connectivity index (χ1) is 10.3. The molecule has 0 spiro atoms. The quantitative estimate of drug-likeness (QED) is 0.837. The number of carbonyl (C=O) groups is 1. The number of amides is 1. The molecule has 5 heteroatoms. The van der Waals surface area contributed by atoms with Gasteiger partial charge in [0.05, 0.1) is 6.10 Å². The Morgan fingerprint density at radius 1 is 1.19 bits per heavy atom. The average molecular weight is 289 g/mol. The van der Waals surface area contributed by atoms with Gasteiger partial charge in [0, 0.05) is 24.8 Å². The van der Waals surface area contributed by atoms with Crippen molar-refractivity contribution in [1.29, 1.82) is 0 Å². The summed E-state index contributed by atoms with van der Waals surface area (Å²) in [6.45, 7) is 0.234. The minimum absolute atomic E-state index is 0.107. The molecule has 3 aliphatic rings. The maximum Gasteiger partial charge on any atom is 0.254 e. The van der Waals surface area contributed by atoms with Crippen molar-refractivity contribution in [2.45, 2.75) is 43.9 Å². The zero-order valence-electron chi connectivity index (χ0n) is 12.1. The van der Waals surface area contributed by atoms with Gasteiger partial charge in [0.2, 0.25) is 6.79 Å². The number of carbonyl (C=O) groups excluding carboxylic acids is 1. The first kappa shape index (κ1) is 13.0. The highest BCUT2D eigenvalue weighted by molar-refractivity contribution is 5.95. The number of fused-ring (bicyclic) bond motifs is 3. The normalized spacial score (nSPS) is 29.8. The maximum atomic E-state index is 12.8. The fourth-order valence-electron chi connectivity index (χ4n) is 3.83. The molecule has 0 N–H and O–H groups in total. The second kappa shape index (κ2) is 4.91. The molecule has 1 aromatic carbocycles. The number of nitrogens with zero attached hydrogens (tertiary/aromatic N) is 1. The van der Waals surface area contributed by atoms with Crippen molar-refractivity contribution in [3.05, 3.63) is 23.8 Å². The van der Waals surface area contributed by atoms with Gasteiger partial charge in [-0.1, -0.05) is 0 Å². The number of hydrogen-bond acceptors (Lipinski definition) is 4. The molecule has 3 heterocycles. The first-order valence-corrected chi connectivity index (χ1v) is 7.51. The Morgan fingerprint density at radius 3 is 2.62 bits per heavy atom. The topological polar surface area (TPSA) is 48.0 Å². The highest BCUT2D eigenvalue weighted by Crippen LogP contribution is 2.39. The van der Waals surface area contributed by atoms with E-state index in [0.29, 0.717) is 35.3 Å². The second-order valence-electron chi connectivity index (χ2n) is 5.99. The van der Waals surface area contributed by atoms with Gasteiger partial charge in [0.1, 0.15) is 0 Å². The molecule has 2 fully saturated rings. The molecule has 21 heavy (non-hydrogen) atoms. The molecule has 0 aromatic heterocycles. The number of methoxy groups -OCH3 is 1. The second-order valence-corrected chi connectivity index (χ2v) is 5.99. The third kappa shape index (κ3) is 2.07. The van der Waals surface area contributed by atoms with E-state index in [9.17, 15) is 4.79 Å². The van der Waals surface area contributed by atoms with Crippen LogP contribution in [-0.2, 0) is 4.74 Å². The molecule has 2 atom stereocenters. The van der Waals surface area contributed by atoms with Crippen LogP contribution < -0.4 is 9.47 Å². The Morgan fingerprint density at radius 2 is 1.90 bits per heavy atom. The van der Waals surface area contributed by atoms with E-state index < -0.39 is 0 Å². The Labute approximate surface area is 123 Å². The molecule has 2 bridgehead atoms. The highest BCUT2D eigenvalue weighted by Gasteiger charge is 2.43. The van der Waals surface area contributed by atoms with Gasteiger partial charge in [-0.05, 0) is 43.9 Å². The van der Waals surface area contributed by atoms with Crippen LogP contribution >= 0.6 is 0 Å². The van der Waals surface area contributed by atoms with Gasteiger partial charge in [-0.15, -0.1) is 0 Å². The van der Waals surface area contributed by atoms with E-state index in [-0.39, 0.29) is 12.7 Å². The third-order valence-electron chi connectivity index (χ3n) is 4.88. The summed E-state index contributed by atoms with van der Waals surface area (Å²) < 4.78 is 16.2. The van der Waals surface area contributed by atoms with Crippen LogP contribution in [0, 0.1) is 0 Å². The lowest BCUT2D eigenvalue weighted by Gasteiger charge is -2.38. The predicted molar refractivity (Wildman–Crippen MR) is 75.6 cm³/mol. The number of ether oxygens (including phenoxy) is 3. The van der Waals surface area contributed by atoms with Crippen molar-refractivity contribution in [3.63, 3.8) is 0 Å². The summed E-state index contributed by atoms with van der Waals surface area (Å²) in [5, 5.41) is 0. The summed E-state index contributed by atoms with van der Waals surface area (Å²) in [6, 6.07) is 6.07. The summed E-state index contributed by atoms with van der Waals surface area (Å²) in [5.41, 5.74) is 0.687. The summed E-state index contributed by atoms with van der Waals surface area (Å²) in [7, 11) is 1.76. The molecule has 4 rings (SSSR count). The van der Waals surface area contributed by atoms with Crippen LogP contribution in [0.25, 0.3) is 0 Å². The lowest BCUT2D eigenvalue weighted by molar-refractivity contribution is 0.00821. The standard InChI is InChI=1S/C16H19NO4/c1-19-13-7-11-3-4-12(8-13)17(11)16(18)10-2-5-14-15(6-10)21-9-20-14/h2,5-6,11-13H,3-4,7-9H2,1H3. The number of rotatable bonds is 2.